The first-order chi connectivity index (χ1) is 6.13. The molecule has 0 saturated carbocycles. The predicted octanol–water partition coefficient (Wildman–Crippen LogP) is 3.11. The van der Waals surface area contributed by atoms with E-state index in [-0.39, 0.29) is 18.0 Å². The van der Waals surface area contributed by atoms with Gasteiger partial charge in [-0.15, -0.1) is 0 Å². The number of halogens is 2. The molecule has 0 bridgehead atoms. The summed E-state index contributed by atoms with van der Waals surface area (Å²) in [4.78, 5) is 11.1. The van der Waals surface area contributed by atoms with Gasteiger partial charge in [-0.2, -0.15) is 0 Å². The summed E-state index contributed by atoms with van der Waals surface area (Å²) in [7, 11) is 0. The van der Waals surface area contributed by atoms with Crippen LogP contribution in [0.5, 0.6) is 0 Å². The number of rotatable bonds is 3. The second-order valence-corrected chi connectivity index (χ2v) is 3.72. The van der Waals surface area contributed by atoms with Crippen LogP contribution < -0.4 is 0 Å². The Hall–Kier alpha value is -0.700. The van der Waals surface area contributed by atoms with Gasteiger partial charge in [-0.3, -0.25) is 4.79 Å². The van der Waals surface area contributed by atoms with Crippen LogP contribution in [0.15, 0.2) is 22.7 Å². The predicted molar refractivity (Wildman–Crippen MR) is 53.1 cm³/mol. The summed E-state index contributed by atoms with van der Waals surface area (Å²) < 4.78 is 13.9. The Labute approximate surface area is 85.1 Å². The monoisotopic (exact) mass is 244 g/mol. The molecule has 0 fully saturated rings. The minimum absolute atomic E-state index is 0.0528. The number of hydrogen-bond donors (Lipinski definition) is 0. The molecule has 70 valence electrons. The molecule has 0 aliphatic rings. The molecule has 3 heteroatoms. The minimum atomic E-state index is -0.315. The van der Waals surface area contributed by atoms with E-state index in [1.807, 2.05) is 0 Å². The fourth-order valence-electron chi connectivity index (χ4n) is 1.02. The fourth-order valence-corrected chi connectivity index (χ4v) is 1.42. The lowest BCUT2D eigenvalue weighted by Crippen LogP contribution is -2.02. The third-order valence-electron chi connectivity index (χ3n) is 1.79. The summed E-state index contributed by atoms with van der Waals surface area (Å²) in [5, 5.41) is 0. The Morgan fingerprint density at radius 3 is 2.85 bits per heavy atom. The standard InChI is InChI=1S/C10H10BrFO/c1-2-9(13)6-7-5-8(11)3-4-10(7)12/h3-5H,2,6H2,1H3. The summed E-state index contributed by atoms with van der Waals surface area (Å²) in [6, 6.07) is 4.63. The number of ketones is 1. The van der Waals surface area contributed by atoms with Gasteiger partial charge >= 0.3 is 0 Å². The normalized spacial score (nSPS) is 10.1. The lowest BCUT2D eigenvalue weighted by Gasteiger charge is -2.01. The Bertz CT molecular complexity index is 323. The van der Waals surface area contributed by atoms with Gasteiger partial charge in [-0.25, -0.2) is 4.39 Å². The Balaban J connectivity index is 2.87. The van der Waals surface area contributed by atoms with E-state index < -0.39 is 0 Å². The number of Topliss-reactive ketones (excluding diaryl/α,β-unsaturated/α-hetero) is 1. The van der Waals surface area contributed by atoms with Crippen molar-refractivity contribution < 1.29 is 9.18 Å². The molecule has 1 aromatic rings. The molecule has 13 heavy (non-hydrogen) atoms. The summed E-state index contributed by atoms with van der Waals surface area (Å²) in [5.41, 5.74) is 0.459. The Kier molecular flexibility index (Phi) is 3.60. The SMILES string of the molecule is CCC(=O)Cc1cc(Br)ccc1F. The smallest absolute Gasteiger partial charge is 0.137 e. The number of hydrogen-bond acceptors (Lipinski definition) is 1. The summed E-state index contributed by atoms with van der Waals surface area (Å²) in [5.74, 6) is -0.262. The van der Waals surface area contributed by atoms with Crippen molar-refractivity contribution in [3.63, 3.8) is 0 Å². The van der Waals surface area contributed by atoms with Crippen molar-refractivity contribution in [2.45, 2.75) is 19.8 Å². The third kappa shape index (κ3) is 2.92. The molecule has 0 spiro atoms. The van der Waals surface area contributed by atoms with E-state index in [1.165, 1.54) is 6.07 Å². The average molecular weight is 245 g/mol. The zero-order valence-electron chi connectivity index (χ0n) is 7.31. The van der Waals surface area contributed by atoms with Crippen LogP contribution in [0.2, 0.25) is 0 Å². The van der Waals surface area contributed by atoms with Gasteiger partial charge < -0.3 is 0 Å². The van der Waals surface area contributed by atoms with Gasteiger partial charge in [0.15, 0.2) is 0 Å². The van der Waals surface area contributed by atoms with Gasteiger partial charge in [-0.05, 0) is 23.8 Å². The largest absolute Gasteiger partial charge is 0.299 e. The van der Waals surface area contributed by atoms with Crippen LogP contribution >= 0.6 is 15.9 Å². The molecule has 1 nitrogen and oxygen atoms in total. The molecule has 0 atom stereocenters. The highest BCUT2D eigenvalue weighted by Gasteiger charge is 2.06. The number of carbonyl (C=O) groups is 1. The third-order valence-corrected chi connectivity index (χ3v) is 2.28. The van der Waals surface area contributed by atoms with Crippen LogP contribution in [0.1, 0.15) is 18.9 Å². The molecule has 0 heterocycles. The Morgan fingerprint density at radius 2 is 2.23 bits per heavy atom. The molecule has 0 saturated heterocycles. The molecular weight excluding hydrogens is 235 g/mol. The van der Waals surface area contributed by atoms with Crippen molar-refractivity contribution in [2.75, 3.05) is 0 Å². The average Bonchev–Trinajstić information content (AvgIpc) is 2.11. The maximum Gasteiger partial charge on any atom is 0.137 e. The quantitative estimate of drug-likeness (QED) is 0.799. The number of benzene rings is 1. The van der Waals surface area contributed by atoms with Crippen molar-refractivity contribution in [3.05, 3.63) is 34.1 Å². The second-order valence-electron chi connectivity index (χ2n) is 2.80. The second kappa shape index (κ2) is 4.51. The van der Waals surface area contributed by atoms with Crippen molar-refractivity contribution in [3.8, 4) is 0 Å². The molecule has 0 amide bonds. The van der Waals surface area contributed by atoms with Gasteiger partial charge in [0.25, 0.3) is 0 Å². The molecule has 0 aromatic heterocycles. The van der Waals surface area contributed by atoms with E-state index in [0.717, 1.165) is 4.47 Å². The highest BCUT2D eigenvalue weighted by atomic mass is 79.9. The lowest BCUT2D eigenvalue weighted by molar-refractivity contribution is -0.118. The van der Waals surface area contributed by atoms with Crippen LogP contribution in [0, 0.1) is 5.82 Å². The maximum atomic E-state index is 13.1. The van der Waals surface area contributed by atoms with E-state index in [4.69, 9.17) is 0 Å². The number of carbonyl (C=O) groups excluding carboxylic acids is 1. The van der Waals surface area contributed by atoms with Crippen molar-refractivity contribution >= 4 is 21.7 Å². The van der Waals surface area contributed by atoms with Crippen LogP contribution in [-0.4, -0.2) is 5.78 Å². The van der Waals surface area contributed by atoms with Crippen molar-refractivity contribution in [1.29, 1.82) is 0 Å². The Morgan fingerprint density at radius 1 is 1.54 bits per heavy atom. The van der Waals surface area contributed by atoms with Crippen LogP contribution in [0.25, 0.3) is 0 Å². The van der Waals surface area contributed by atoms with Crippen LogP contribution in [0.3, 0.4) is 0 Å². The lowest BCUT2D eigenvalue weighted by atomic mass is 10.1. The van der Waals surface area contributed by atoms with Crippen molar-refractivity contribution in [1.82, 2.24) is 0 Å². The van der Waals surface area contributed by atoms with Crippen LogP contribution in [0.4, 0.5) is 4.39 Å². The highest BCUT2D eigenvalue weighted by molar-refractivity contribution is 9.10. The van der Waals surface area contributed by atoms with Crippen LogP contribution in [-0.2, 0) is 11.2 Å². The minimum Gasteiger partial charge on any atom is -0.299 e. The van der Waals surface area contributed by atoms with Crippen molar-refractivity contribution in [2.24, 2.45) is 0 Å². The molecule has 0 N–H and O–H groups in total. The van der Waals surface area contributed by atoms with Gasteiger partial charge in [0.1, 0.15) is 11.6 Å². The first kappa shape index (κ1) is 10.4. The van der Waals surface area contributed by atoms with Gasteiger partial charge in [0, 0.05) is 17.3 Å². The molecular formula is C10H10BrFO. The molecule has 1 aromatic carbocycles. The molecule has 0 aliphatic carbocycles. The van der Waals surface area contributed by atoms with E-state index in [2.05, 4.69) is 15.9 Å². The highest BCUT2D eigenvalue weighted by Crippen LogP contribution is 2.16. The topological polar surface area (TPSA) is 17.1 Å². The van der Waals surface area contributed by atoms with E-state index in [1.54, 1.807) is 19.1 Å². The van der Waals surface area contributed by atoms with E-state index in [9.17, 15) is 9.18 Å². The van der Waals surface area contributed by atoms with E-state index >= 15 is 0 Å². The first-order valence-corrected chi connectivity index (χ1v) is 4.88. The maximum absolute atomic E-state index is 13.1. The van der Waals surface area contributed by atoms with E-state index in [0.29, 0.717) is 12.0 Å². The first-order valence-electron chi connectivity index (χ1n) is 4.09. The molecule has 0 aliphatic heterocycles. The molecule has 0 radical (unpaired) electrons. The van der Waals surface area contributed by atoms with Gasteiger partial charge in [0.05, 0.1) is 0 Å². The summed E-state index contributed by atoms with van der Waals surface area (Å²) in [6.45, 7) is 1.78. The van der Waals surface area contributed by atoms with Gasteiger partial charge in [0.2, 0.25) is 0 Å². The zero-order valence-corrected chi connectivity index (χ0v) is 8.90. The fraction of sp³-hybridized carbons (Fsp3) is 0.300. The van der Waals surface area contributed by atoms with Gasteiger partial charge in [-0.1, -0.05) is 22.9 Å². The summed E-state index contributed by atoms with van der Waals surface area (Å²) >= 11 is 3.23. The molecule has 1 rings (SSSR count). The molecule has 0 unspecified atom stereocenters. The summed E-state index contributed by atoms with van der Waals surface area (Å²) in [6.07, 6.45) is 0.633. The zero-order chi connectivity index (χ0) is 9.84.